The van der Waals surface area contributed by atoms with Gasteiger partial charge in [-0.15, -0.1) is 0 Å². The molecule has 0 N–H and O–H groups in total. The Morgan fingerprint density at radius 1 is 1.12 bits per heavy atom. The van der Waals surface area contributed by atoms with Crippen LogP contribution in [0.3, 0.4) is 0 Å². The van der Waals surface area contributed by atoms with Gasteiger partial charge in [0, 0.05) is 20.0 Å². The molecule has 1 aliphatic rings. The molecule has 1 aliphatic heterocycles. The van der Waals surface area contributed by atoms with E-state index in [1.165, 1.54) is 11.1 Å². The van der Waals surface area contributed by atoms with Crippen molar-refractivity contribution >= 4 is 5.91 Å². The molecule has 0 radical (unpaired) electrons. The van der Waals surface area contributed by atoms with E-state index in [9.17, 15) is 4.79 Å². The zero-order valence-corrected chi connectivity index (χ0v) is 14.6. The first-order valence-corrected chi connectivity index (χ1v) is 8.35. The van der Waals surface area contributed by atoms with Gasteiger partial charge in [0.2, 0.25) is 0 Å². The van der Waals surface area contributed by atoms with Crippen molar-refractivity contribution in [1.82, 2.24) is 4.90 Å². The molecule has 0 spiro atoms. The lowest BCUT2D eigenvalue weighted by molar-refractivity contribution is -0.134. The maximum Gasteiger partial charge on any atom is 0.260 e. The average Bonchev–Trinajstić information content (AvgIpc) is 2.66. The molecule has 1 heterocycles. The van der Waals surface area contributed by atoms with Crippen LogP contribution in [-0.4, -0.2) is 44.2 Å². The number of carbonyl (C=O) groups excluding carboxylic acids is 1. The predicted octanol–water partition coefficient (Wildman–Crippen LogP) is 2.67. The molecule has 2 aromatic rings. The van der Waals surface area contributed by atoms with Crippen LogP contribution >= 0.6 is 0 Å². The van der Waals surface area contributed by atoms with E-state index in [0.717, 1.165) is 6.42 Å². The smallest absolute Gasteiger partial charge is 0.260 e. The highest BCUT2D eigenvalue weighted by Crippen LogP contribution is 2.25. The molecule has 0 fully saturated rings. The van der Waals surface area contributed by atoms with E-state index in [-0.39, 0.29) is 18.6 Å². The quantitative estimate of drug-likeness (QED) is 0.810. The molecule has 0 bridgehead atoms. The molecule has 3 rings (SSSR count). The molecular formula is C20H23NO4. The number of carbonyl (C=O) groups is 1. The van der Waals surface area contributed by atoms with Crippen molar-refractivity contribution in [3.63, 3.8) is 0 Å². The second kappa shape index (κ2) is 8.03. The Labute approximate surface area is 148 Å². The summed E-state index contributed by atoms with van der Waals surface area (Å²) in [6.07, 6.45) is 0.830. The van der Waals surface area contributed by atoms with Gasteiger partial charge in [-0.25, -0.2) is 0 Å². The number of likely N-dealkylation sites (N-methyl/N-ethyl adjacent to an activating group) is 1. The van der Waals surface area contributed by atoms with Crippen LogP contribution in [0.5, 0.6) is 11.5 Å². The fourth-order valence-electron chi connectivity index (χ4n) is 2.92. The first-order chi connectivity index (χ1) is 12.2. The van der Waals surface area contributed by atoms with Gasteiger partial charge in [0.15, 0.2) is 18.1 Å². The van der Waals surface area contributed by atoms with E-state index in [0.29, 0.717) is 24.7 Å². The first-order valence-electron chi connectivity index (χ1n) is 8.35. The Balaban J connectivity index is 1.51. The summed E-state index contributed by atoms with van der Waals surface area (Å²) in [5.74, 6) is 1.09. The van der Waals surface area contributed by atoms with E-state index in [1.54, 1.807) is 31.2 Å². The number of methoxy groups -OCH3 is 1. The molecule has 5 nitrogen and oxygen atoms in total. The minimum atomic E-state index is -0.0895. The average molecular weight is 341 g/mol. The SMILES string of the molecule is COc1ccccc1OCC(=O)N(C)CC1Cc2ccccc2CO1. The molecule has 1 atom stereocenters. The molecular weight excluding hydrogens is 318 g/mol. The third-order valence-electron chi connectivity index (χ3n) is 4.36. The van der Waals surface area contributed by atoms with Crippen LogP contribution in [0.1, 0.15) is 11.1 Å². The molecule has 0 saturated carbocycles. The monoisotopic (exact) mass is 341 g/mol. The van der Waals surface area contributed by atoms with Gasteiger partial charge in [-0.1, -0.05) is 36.4 Å². The minimum Gasteiger partial charge on any atom is -0.493 e. The Kier molecular flexibility index (Phi) is 5.56. The fourth-order valence-corrected chi connectivity index (χ4v) is 2.92. The molecule has 0 aliphatic carbocycles. The number of fused-ring (bicyclic) bond motifs is 1. The lowest BCUT2D eigenvalue weighted by atomic mass is 9.99. The second-order valence-electron chi connectivity index (χ2n) is 6.12. The lowest BCUT2D eigenvalue weighted by Crippen LogP contribution is -2.40. The number of ether oxygens (including phenoxy) is 3. The predicted molar refractivity (Wildman–Crippen MR) is 94.8 cm³/mol. The number of nitrogens with zero attached hydrogens (tertiary/aromatic N) is 1. The van der Waals surface area contributed by atoms with Gasteiger partial charge < -0.3 is 19.1 Å². The van der Waals surface area contributed by atoms with Gasteiger partial charge in [-0.3, -0.25) is 4.79 Å². The van der Waals surface area contributed by atoms with Crippen LogP contribution in [0.2, 0.25) is 0 Å². The van der Waals surface area contributed by atoms with Crippen LogP contribution in [0, 0.1) is 0 Å². The summed E-state index contributed by atoms with van der Waals surface area (Å²) < 4.78 is 16.7. The van der Waals surface area contributed by atoms with Gasteiger partial charge in [0.1, 0.15) is 0 Å². The Morgan fingerprint density at radius 3 is 2.56 bits per heavy atom. The summed E-state index contributed by atoms with van der Waals surface area (Å²) in [5.41, 5.74) is 2.53. The van der Waals surface area contributed by atoms with E-state index in [4.69, 9.17) is 14.2 Å². The largest absolute Gasteiger partial charge is 0.493 e. The first kappa shape index (κ1) is 17.3. The van der Waals surface area contributed by atoms with Gasteiger partial charge >= 0.3 is 0 Å². The van der Waals surface area contributed by atoms with Crippen LogP contribution in [0.15, 0.2) is 48.5 Å². The zero-order valence-electron chi connectivity index (χ0n) is 14.6. The van der Waals surface area contributed by atoms with Gasteiger partial charge in [-0.2, -0.15) is 0 Å². The summed E-state index contributed by atoms with van der Waals surface area (Å²) in [4.78, 5) is 14.0. The van der Waals surface area contributed by atoms with Gasteiger partial charge in [0.05, 0.1) is 19.8 Å². The third-order valence-corrected chi connectivity index (χ3v) is 4.36. The Hall–Kier alpha value is -2.53. The number of hydrogen-bond donors (Lipinski definition) is 0. The summed E-state index contributed by atoms with van der Waals surface area (Å²) in [5, 5.41) is 0. The van der Waals surface area contributed by atoms with Gasteiger partial charge in [-0.05, 0) is 23.3 Å². The highest BCUT2D eigenvalue weighted by molar-refractivity contribution is 5.77. The third kappa shape index (κ3) is 4.31. The maximum absolute atomic E-state index is 12.3. The molecule has 1 unspecified atom stereocenters. The Morgan fingerprint density at radius 2 is 1.80 bits per heavy atom. The summed E-state index contributed by atoms with van der Waals surface area (Å²) in [6, 6.07) is 15.6. The number of benzene rings is 2. The highest BCUT2D eigenvalue weighted by Gasteiger charge is 2.22. The van der Waals surface area contributed by atoms with E-state index < -0.39 is 0 Å². The van der Waals surface area contributed by atoms with Crippen LogP contribution in [0.25, 0.3) is 0 Å². The van der Waals surface area contributed by atoms with Crippen molar-refractivity contribution < 1.29 is 19.0 Å². The molecule has 2 aromatic carbocycles. The number of para-hydroxylation sites is 2. The molecule has 25 heavy (non-hydrogen) atoms. The number of rotatable bonds is 6. The van der Waals surface area contributed by atoms with E-state index in [2.05, 4.69) is 12.1 Å². The topological polar surface area (TPSA) is 48.0 Å². The standard InChI is InChI=1S/C20H23NO4/c1-21(12-17-11-15-7-3-4-8-16(15)13-24-17)20(22)14-25-19-10-6-5-9-18(19)23-2/h3-10,17H,11-14H2,1-2H3. The molecule has 0 saturated heterocycles. The maximum atomic E-state index is 12.3. The van der Waals surface area contributed by atoms with Crippen LogP contribution in [0.4, 0.5) is 0 Å². The van der Waals surface area contributed by atoms with Crippen molar-refractivity contribution in [2.24, 2.45) is 0 Å². The minimum absolute atomic E-state index is 0.00936. The lowest BCUT2D eigenvalue weighted by Gasteiger charge is -2.29. The summed E-state index contributed by atoms with van der Waals surface area (Å²) in [6.45, 7) is 1.11. The number of amides is 1. The van der Waals surface area contributed by atoms with E-state index >= 15 is 0 Å². The highest BCUT2D eigenvalue weighted by atomic mass is 16.5. The Bertz CT molecular complexity index is 731. The normalized spacial score (nSPS) is 16.0. The summed E-state index contributed by atoms with van der Waals surface area (Å²) in [7, 11) is 3.35. The van der Waals surface area contributed by atoms with Crippen molar-refractivity contribution in [1.29, 1.82) is 0 Å². The molecule has 132 valence electrons. The van der Waals surface area contributed by atoms with Gasteiger partial charge in [0.25, 0.3) is 5.91 Å². The number of hydrogen-bond acceptors (Lipinski definition) is 4. The van der Waals surface area contributed by atoms with Crippen molar-refractivity contribution in [2.45, 2.75) is 19.1 Å². The molecule has 1 amide bonds. The van der Waals surface area contributed by atoms with Crippen LogP contribution < -0.4 is 9.47 Å². The van der Waals surface area contributed by atoms with Crippen molar-refractivity contribution in [3.8, 4) is 11.5 Å². The summed E-state index contributed by atoms with van der Waals surface area (Å²) >= 11 is 0. The van der Waals surface area contributed by atoms with Crippen molar-refractivity contribution in [3.05, 3.63) is 59.7 Å². The van der Waals surface area contributed by atoms with E-state index in [1.807, 2.05) is 24.3 Å². The molecule has 5 heteroatoms. The van der Waals surface area contributed by atoms with Crippen molar-refractivity contribution in [2.75, 3.05) is 27.3 Å². The zero-order chi connectivity index (χ0) is 17.6. The van der Waals surface area contributed by atoms with Crippen LogP contribution in [-0.2, 0) is 22.6 Å². The molecule has 0 aromatic heterocycles. The second-order valence-corrected chi connectivity index (χ2v) is 6.12. The fraction of sp³-hybridized carbons (Fsp3) is 0.350.